The number of benzene rings is 1. The maximum absolute atomic E-state index is 12.0. The molecule has 1 N–H and O–H groups in total. The van der Waals surface area contributed by atoms with Crippen LogP contribution in [0.5, 0.6) is 0 Å². The van der Waals surface area contributed by atoms with Crippen LogP contribution in [0, 0.1) is 6.92 Å². The van der Waals surface area contributed by atoms with Crippen LogP contribution in [0.25, 0.3) is 11.3 Å². The summed E-state index contributed by atoms with van der Waals surface area (Å²) in [5.41, 5.74) is 3.34. The number of hydrogen-bond acceptors (Lipinski definition) is 2. The molecule has 1 aliphatic heterocycles. The predicted octanol–water partition coefficient (Wildman–Crippen LogP) is 3.62. The van der Waals surface area contributed by atoms with E-state index in [4.69, 9.17) is 0 Å². The normalized spacial score (nSPS) is 18.2. The monoisotopic (exact) mass is 295 g/mol. The molecule has 2 heterocycles. The van der Waals surface area contributed by atoms with E-state index in [-0.39, 0.29) is 11.9 Å². The number of nitrogens with one attached hydrogen (secondary N) is 1. The molecule has 1 saturated heterocycles. The van der Waals surface area contributed by atoms with Gasteiger partial charge in [-0.05, 0) is 37.8 Å². The number of amides is 1. The van der Waals surface area contributed by atoms with Gasteiger partial charge in [0.25, 0.3) is 0 Å². The summed E-state index contributed by atoms with van der Waals surface area (Å²) in [4.78, 5) is 21.8. The van der Waals surface area contributed by atoms with Crippen LogP contribution < -0.4 is 0 Å². The lowest BCUT2D eigenvalue weighted by Gasteiger charge is -2.33. The minimum Gasteiger partial charge on any atom is -0.340 e. The number of rotatable bonds is 3. The Hall–Kier alpha value is -2.36. The van der Waals surface area contributed by atoms with E-state index in [1.165, 1.54) is 11.6 Å². The van der Waals surface area contributed by atoms with Crippen molar-refractivity contribution in [1.82, 2.24) is 14.9 Å². The summed E-state index contributed by atoms with van der Waals surface area (Å²) in [7, 11) is 0. The van der Waals surface area contributed by atoms with E-state index in [9.17, 15) is 4.79 Å². The standard InChI is InChI=1S/C18H21N3O/c1-3-17(22)21-11-5-4-6-16(21)18-19-12-15(20-18)14-9-7-13(2)8-10-14/h3,7-10,12,16H,1,4-6,11H2,2H3,(H,19,20). The molecule has 22 heavy (non-hydrogen) atoms. The molecule has 0 bridgehead atoms. The third-order valence-electron chi connectivity index (χ3n) is 4.23. The van der Waals surface area contributed by atoms with E-state index < -0.39 is 0 Å². The van der Waals surface area contributed by atoms with Gasteiger partial charge in [-0.1, -0.05) is 36.4 Å². The zero-order chi connectivity index (χ0) is 15.5. The molecule has 0 aliphatic carbocycles. The average Bonchev–Trinajstić information content (AvgIpc) is 3.04. The van der Waals surface area contributed by atoms with E-state index in [1.807, 2.05) is 11.1 Å². The highest BCUT2D eigenvalue weighted by Gasteiger charge is 2.28. The van der Waals surface area contributed by atoms with E-state index in [1.54, 1.807) is 0 Å². The second kappa shape index (κ2) is 6.18. The zero-order valence-electron chi connectivity index (χ0n) is 12.9. The minimum atomic E-state index is -0.0158. The van der Waals surface area contributed by atoms with Crippen molar-refractivity contribution in [3.63, 3.8) is 0 Å². The smallest absolute Gasteiger partial charge is 0.246 e. The summed E-state index contributed by atoms with van der Waals surface area (Å²) in [6, 6.07) is 8.37. The third-order valence-corrected chi connectivity index (χ3v) is 4.23. The van der Waals surface area contributed by atoms with Crippen LogP contribution in [-0.2, 0) is 4.79 Å². The minimum absolute atomic E-state index is 0.0158. The van der Waals surface area contributed by atoms with Crippen molar-refractivity contribution < 1.29 is 4.79 Å². The Morgan fingerprint density at radius 3 is 2.86 bits per heavy atom. The topological polar surface area (TPSA) is 49.0 Å². The Morgan fingerprint density at radius 1 is 1.36 bits per heavy atom. The van der Waals surface area contributed by atoms with Gasteiger partial charge in [-0.2, -0.15) is 0 Å². The fourth-order valence-electron chi connectivity index (χ4n) is 2.98. The third kappa shape index (κ3) is 2.82. The number of carbonyl (C=O) groups is 1. The Morgan fingerprint density at radius 2 is 2.14 bits per heavy atom. The molecule has 1 aliphatic rings. The number of imidazole rings is 1. The van der Waals surface area contributed by atoms with Gasteiger partial charge in [0.2, 0.25) is 5.91 Å². The van der Waals surface area contributed by atoms with Crippen molar-refractivity contribution in [3.8, 4) is 11.3 Å². The number of nitrogens with zero attached hydrogens (tertiary/aromatic N) is 2. The molecule has 1 aromatic carbocycles. The molecule has 1 fully saturated rings. The molecule has 0 saturated carbocycles. The van der Waals surface area contributed by atoms with E-state index in [0.717, 1.165) is 42.9 Å². The number of carbonyl (C=O) groups excluding carboxylic acids is 1. The van der Waals surface area contributed by atoms with Crippen LogP contribution in [0.1, 0.15) is 36.7 Å². The lowest BCUT2D eigenvalue weighted by molar-refractivity contribution is -0.129. The molecule has 1 unspecified atom stereocenters. The summed E-state index contributed by atoms with van der Waals surface area (Å²) in [6.45, 7) is 6.45. The molecular weight excluding hydrogens is 274 g/mol. The summed E-state index contributed by atoms with van der Waals surface area (Å²) < 4.78 is 0. The second-order valence-electron chi connectivity index (χ2n) is 5.80. The number of piperidine rings is 1. The van der Waals surface area contributed by atoms with Crippen LogP contribution in [0.15, 0.2) is 43.1 Å². The average molecular weight is 295 g/mol. The zero-order valence-corrected chi connectivity index (χ0v) is 12.9. The van der Waals surface area contributed by atoms with Gasteiger partial charge in [0, 0.05) is 6.54 Å². The molecule has 114 valence electrons. The van der Waals surface area contributed by atoms with Crippen molar-refractivity contribution in [1.29, 1.82) is 0 Å². The molecule has 4 nitrogen and oxygen atoms in total. The van der Waals surface area contributed by atoms with Crippen LogP contribution in [-0.4, -0.2) is 27.3 Å². The number of aryl methyl sites for hydroxylation is 1. The van der Waals surface area contributed by atoms with Crippen molar-refractivity contribution in [3.05, 3.63) is 54.5 Å². The van der Waals surface area contributed by atoms with Crippen molar-refractivity contribution in [2.75, 3.05) is 6.54 Å². The Bertz CT molecular complexity index is 672. The molecule has 1 atom stereocenters. The van der Waals surface area contributed by atoms with Crippen molar-refractivity contribution >= 4 is 5.91 Å². The maximum Gasteiger partial charge on any atom is 0.246 e. The van der Waals surface area contributed by atoms with Crippen molar-refractivity contribution in [2.24, 2.45) is 0 Å². The second-order valence-corrected chi connectivity index (χ2v) is 5.80. The number of hydrogen-bond donors (Lipinski definition) is 1. The summed E-state index contributed by atoms with van der Waals surface area (Å²) >= 11 is 0. The van der Waals surface area contributed by atoms with Gasteiger partial charge < -0.3 is 9.88 Å². The molecule has 1 amide bonds. The quantitative estimate of drug-likeness (QED) is 0.879. The highest BCUT2D eigenvalue weighted by Crippen LogP contribution is 2.30. The molecule has 1 aromatic heterocycles. The first-order valence-corrected chi connectivity index (χ1v) is 7.74. The van der Waals surface area contributed by atoms with Crippen LogP contribution >= 0.6 is 0 Å². The number of aromatic nitrogens is 2. The summed E-state index contributed by atoms with van der Waals surface area (Å²) in [5, 5.41) is 0. The first kappa shape index (κ1) is 14.6. The SMILES string of the molecule is C=CC(=O)N1CCCCC1c1ncc(-c2ccc(C)cc2)[nH]1. The molecule has 3 rings (SSSR count). The van der Waals surface area contributed by atoms with Crippen LogP contribution in [0.3, 0.4) is 0 Å². The van der Waals surface area contributed by atoms with Gasteiger partial charge in [-0.3, -0.25) is 4.79 Å². The number of H-pyrrole nitrogens is 1. The molecule has 0 radical (unpaired) electrons. The summed E-state index contributed by atoms with van der Waals surface area (Å²) in [5.74, 6) is 0.850. The van der Waals surface area contributed by atoms with Gasteiger partial charge in [-0.25, -0.2) is 4.98 Å². The van der Waals surface area contributed by atoms with E-state index in [0.29, 0.717) is 0 Å². The Kier molecular flexibility index (Phi) is 4.09. The molecule has 4 heteroatoms. The highest BCUT2D eigenvalue weighted by atomic mass is 16.2. The lowest BCUT2D eigenvalue weighted by atomic mass is 10.0. The molecule has 0 spiro atoms. The van der Waals surface area contributed by atoms with Gasteiger partial charge in [0.1, 0.15) is 5.82 Å². The number of likely N-dealkylation sites (tertiary alicyclic amines) is 1. The van der Waals surface area contributed by atoms with Gasteiger partial charge in [0.15, 0.2) is 0 Å². The fourth-order valence-corrected chi connectivity index (χ4v) is 2.98. The first-order chi connectivity index (χ1) is 10.7. The van der Waals surface area contributed by atoms with E-state index >= 15 is 0 Å². The first-order valence-electron chi connectivity index (χ1n) is 7.74. The Labute approximate surface area is 130 Å². The molecular formula is C18H21N3O. The lowest BCUT2D eigenvalue weighted by Crippen LogP contribution is -2.37. The maximum atomic E-state index is 12.0. The predicted molar refractivity (Wildman–Crippen MR) is 87.3 cm³/mol. The van der Waals surface area contributed by atoms with Gasteiger partial charge in [0.05, 0.1) is 17.9 Å². The number of aromatic amines is 1. The van der Waals surface area contributed by atoms with Crippen LogP contribution in [0.2, 0.25) is 0 Å². The highest BCUT2D eigenvalue weighted by molar-refractivity contribution is 5.87. The van der Waals surface area contributed by atoms with Gasteiger partial charge in [-0.15, -0.1) is 0 Å². The molecule has 2 aromatic rings. The van der Waals surface area contributed by atoms with Crippen molar-refractivity contribution in [2.45, 2.75) is 32.2 Å². The van der Waals surface area contributed by atoms with Gasteiger partial charge >= 0.3 is 0 Å². The Balaban J connectivity index is 1.87. The van der Waals surface area contributed by atoms with Crippen LogP contribution in [0.4, 0.5) is 0 Å². The largest absolute Gasteiger partial charge is 0.340 e. The van der Waals surface area contributed by atoms with E-state index in [2.05, 4.69) is 47.7 Å². The summed E-state index contributed by atoms with van der Waals surface area (Å²) in [6.07, 6.45) is 6.35. The fraction of sp³-hybridized carbons (Fsp3) is 0.333.